The lowest BCUT2D eigenvalue weighted by atomic mass is 10.0. The summed E-state index contributed by atoms with van der Waals surface area (Å²) in [6, 6.07) is 7.37. The highest BCUT2D eigenvalue weighted by Crippen LogP contribution is 2.31. The van der Waals surface area contributed by atoms with Crippen molar-refractivity contribution in [2.24, 2.45) is 0 Å². The van der Waals surface area contributed by atoms with Crippen molar-refractivity contribution in [2.75, 3.05) is 18.9 Å². The zero-order valence-electron chi connectivity index (χ0n) is 11.4. The molecule has 5 heteroatoms. The van der Waals surface area contributed by atoms with E-state index in [1.165, 1.54) is 0 Å². The van der Waals surface area contributed by atoms with E-state index in [1.54, 1.807) is 12.1 Å². The molecule has 0 bridgehead atoms. The van der Waals surface area contributed by atoms with Gasteiger partial charge >= 0.3 is 0 Å². The molecule has 106 valence electrons. The topological polar surface area (TPSA) is 55.4 Å². The highest BCUT2D eigenvalue weighted by Gasteiger charge is 2.29. The second-order valence-electron chi connectivity index (χ2n) is 5.07. The van der Waals surface area contributed by atoms with Crippen molar-refractivity contribution in [1.29, 1.82) is 0 Å². The van der Waals surface area contributed by atoms with E-state index < -0.39 is 9.84 Å². The van der Waals surface area contributed by atoms with Crippen LogP contribution in [0.1, 0.15) is 31.9 Å². The zero-order chi connectivity index (χ0) is 13.9. The molecular formula is C14H21NO3S. The van der Waals surface area contributed by atoms with Gasteiger partial charge in [0.15, 0.2) is 9.84 Å². The molecule has 0 radical (unpaired) electrons. The maximum absolute atomic E-state index is 12.0. The van der Waals surface area contributed by atoms with Gasteiger partial charge in [-0.25, -0.2) is 8.42 Å². The van der Waals surface area contributed by atoms with Gasteiger partial charge in [-0.1, -0.05) is 18.2 Å². The maximum Gasteiger partial charge on any atom is 0.178 e. The predicted octanol–water partition coefficient (Wildman–Crippen LogP) is 1.92. The largest absolute Gasteiger partial charge is 0.377 e. The third-order valence-electron chi connectivity index (χ3n) is 3.25. The SMILES string of the molecule is CC(C)OCCNC1CCS(=O)(=O)c2ccccc21. The summed E-state index contributed by atoms with van der Waals surface area (Å²) in [6.45, 7) is 5.38. The molecule has 1 N–H and O–H groups in total. The summed E-state index contributed by atoms with van der Waals surface area (Å²) < 4.78 is 29.5. The minimum absolute atomic E-state index is 0.107. The highest BCUT2D eigenvalue weighted by molar-refractivity contribution is 7.91. The first-order valence-corrected chi connectivity index (χ1v) is 8.32. The Hall–Kier alpha value is -0.910. The fourth-order valence-corrected chi connectivity index (χ4v) is 3.95. The monoisotopic (exact) mass is 283 g/mol. The molecule has 1 aromatic carbocycles. The molecule has 0 saturated carbocycles. The van der Waals surface area contributed by atoms with Crippen molar-refractivity contribution in [3.63, 3.8) is 0 Å². The third-order valence-corrected chi connectivity index (χ3v) is 5.06. The van der Waals surface area contributed by atoms with Crippen molar-refractivity contribution < 1.29 is 13.2 Å². The lowest BCUT2D eigenvalue weighted by Gasteiger charge is -2.26. The number of hydrogen-bond donors (Lipinski definition) is 1. The third kappa shape index (κ3) is 3.55. The van der Waals surface area contributed by atoms with Crippen LogP contribution in [0.15, 0.2) is 29.2 Å². The van der Waals surface area contributed by atoms with Crippen LogP contribution in [-0.2, 0) is 14.6 Å². The number of rotatable bonds is 5. The summed E-state index contributed by atoms with van der Waals surface area (Å²) in [5.74, 6) is 0.215. The molecule has 19 heavy (non-hydrogen) atoms. The summed E-state index contributed by atoms with van der Waals surface area (Å²) in [7, 11) is -3.09. The van der Waals surface area contributed by atoms with Crippen LogP contribution in [0.5, 0.6) is 0 Å². The van der Waals surface area contributed by atoms with Gasteiger partial charge in [0.05, 0.1) is 23.4 Å². The Morgan fingerprint density at radius 3 is 2.84 bits per heavy atom. The number of sulfone groups is 1. The first-order valence-electron chi connectivity index (χ1n) is 6.67. The Balaban J connectivity index is 2.04. The second kappa shape index (κ2) is 6.03. The molecule has 1 aromatic rings. The van der Waals surface area contributed by atoms with Crippen LogP contribution < -0.4 is 5.32 Å². The standard InChI is InChI=1S/C14H21NO3S/c1-11(2)18-9-8-15-13-7-10-19(16,17)14-6-4-3-5-12(13)14/h3-6,11,13,15H,7-10H2,1-2H3. The van der Waals surface area contributed by atoms with E-state index in [2.05, 4.69) is 5.32 Å². The van der Waals surface area contributed by atoms with Crippen LogP contribution in [-0.4, -0.2) is 33.4 Å². The van der Waals surface area contributed by atoms with Crippen molar-refractivity contribution >= 4 is 9.84 Å². The van der Waals surface area contributed by atoms with Crippen molar-refractivity contribution in [3.8, 4) is 0 Å². The average molecular weight is 283 g/mol. The molecule has 0 aliphatic carbocycles. The van der Waals surface area contributed by atoms with Gasteiger partial charge in [0.25, 0.3) is 0 Å². The summed E-state index contributed by atoms with van der Waals surface area (Å²) in [5.41, 5.74) is 0.887. The van der Waals surface area contributed by atoms with E-state index >= 15 is 0 Å². The lowest BCUT2D eigenvalue weighted by Crippen LogP contribution is -2.32. The number of ether oxygens (including phenoxy) is 1. The quantitative estimate of drug-likeness (QED) is 0.839. The lowest BCUT2D eigenvalue weighted by molar-refractivity contribution is 0.0792. The summed E-state index contributed by atoms with van der Waals surface area (Å²) in [5, 5.41) is 3.38. The fourth-order valence-electron chi connectivity index (χ4n) is 2.33. The first kappa shape index (κ1) is 14.5. The van der Waals surface area contributed by atoms with Gasteiger partial charge in [-0.2, -0.15) is 0 Å². The van der Waals surface area contributed by atoms with E-state index in [-0.39, 0.29) is 17.9 Å². The molecule has 0 amide bonds. The summed E-state index contributed by atoms with van der Waals surface area (Å²) in [6.07, 6.45) is 0.849. The molecule has 2 rings (SSSR count). The van der Waals surface area contributed by atoms with Gasteiger partial charge in [0.2, 0.25) is 0 Å². The van der Waals surface area contributed by atoms with E-state index in [1.807, 2.05) is 26.0 Å². The molecular weight excluding hydrogens is 262 g/mol. The molecule has 0 saturated heterocycles. The fraction of sp³-hybridized carbons (Fsp3) is 0.571. The normalized spacial score (nSPS) is 21.3. The summed E-state index contributed by atoms with van der Waals surface area (Å²) in [4.78, 5) is 0.475. The highest BCUT2D eigenvalue weighted by atomic mass is 32.2. The van der Waals surface area contributed by atoms with Gasteiger partial charge in [0.1, 0.15) is 0 Å². The Morgan fingerprint density at radius 2 is 2.11 bits per heavy atom. The molecule has 0 aromatic heterocycles. The van der Waals surface area contributed by atoms with E-state index in [0.29, 0.717) is 17.9 Å². The maximum atomic E-state index is 12.0. The molecule has 1 atom stereocenters. The minimum atomic E-state index is -3.09. The van der Waals surface area contributed by atoms with Crippen LogP contribution in [0.2, 0.25) is 0 Å². The van der Waals surface area contributed by atoms with E-state index in [4.69, 9.17) is 4.74 Å². The van der Waals surface area contributed by atoms with Crippen LogP contribution >= 0.6 is 0 Å². The molecule has 0 spiro atoms. The Bertz CT molecular complexity index is 525. The zero-order valence-corrected chi connectivity index (χ0v) is 12.2. The van der Waals surface area contributed by atoms with E-state index in [9.17, 15) is 8.42 Å². The van der Waals surface area contributed by atoms with Gasteiger partial charge in [-0.15, -0.1) is 0 Å². The van der Waals surface area contributed by atoms with Crippen molar-refractivity contribution in [2.45, 2.75) is 37.3 Å². The number of nitrogens with one attached hydrogen (secondary N) is 1. The van der Waals surface area contributed by atoms with E-state index in [0.717, 1.165) is 12.1 Å². The Kier molecular flexibility index (Phi) is 4.60. The van der Waals surface area contributed by atoms with Crippen LogP contribution in [0.25, 0.3) is 0 Å². The molecule has 4 nitrogen and oxygen atoms in total. The van der Waals surface area contributed by atoms with Crippen molar-refractivity contribution in [3.05, 3.63) is 29.8 Å². The summed E-state index contributed by atoms with van der Waals surface area (Å²) >= 11 is 0. The van der Waals surface area contributed by atoms with Gasteiger partial charge in [0, 0.05) is 12.6 Å². The molecule has 0 fully saturated rings. The van der Waals surface area contributed by atoms with Crippen LogP contribution in [0.3, 0.4) is 0 Å². The average Bonchev–Trinajstić information content (AvgIpc) is 2.37. The molecule has 1 aliphatic heterocycles. The van der Waals surface area contributed by atoms with Gasteiger partial charge in [-0.05, 0) is 31.9 Å². The van der Waals surface area contributed by atoms with Gasteiger partial charge < -0.3 is 10.1 Å². The molecule has 1 aliphatic rings. The van der Waals surface area contributed by atoms with Gasteiger partial charge in [-0.3, -0.25) is 0 Å². The predicted molar refractivity (Wildman–Crippen MR) is 74.9 cm³/mol. The molecule has 1 heterocycles. The first-order chi connectivity index (χ1) is 9.00. The second-order valence-corrected chi connectivity index (χ2v) is 7.15. The minimum Gasteiger partial charge on any atom is -0.377 e. The Labute approximate surface area is 115 Å². The Morgan fingerprint density at radius 1 is 1.37 bits per heavy atom. The van der Waals surface area contributed by atoms with Crippen LogP contribution in [0.4, 0.5) is 0 Å². The molecule has 1 unspecified atom stereocenters. The number of fused-ring (bicyclic) bond motifs is 1. The number of benzene rings is 1. The number of hydrogen-bond acceptors (Lipinski definition) is 4. The smallest absolute Gasteiger partial charge is 0.178 e. The van der Waals surface area contributed by atoms with Crippen LogP contribution in [0, 0.1) is 0 Å². The van der Waals surface area contributed by atoms with Crippen molar-refractivity contribution in [1.82, 2.24) is 5.32 Å².